The number of para-hydroxylation sites is 1. The highest BCUT2D eigenvalue weighted by molar-refractivity contribution is 5.94. The minimum Gasteiger partial charge on any atom is -0.379 e. The number of fused-ring (bicyclic) bond motifs is 2. The molecule has 5 rings (SSSR count). The number of carbonyl (C=O) groups is 1. The van der Waals surface area contributed by atoms with Crippen molar-refractivity contribution in [2.45, 2.75) is 31.7 Å². The summed E-state index contributed by atoms with van der Waals surface area (Å²) in [4.78, 5) is 17.2. The quantitative estimate of drug-likeness (QED) is 0.747. The lowest BCUT2D eigenvalue weighted by Gasteiger charge is -2.19. The second-order valence-corrected chi connectivity index (χ2v) is 7.45. The van der Waals surface area contributed by atoms with E-state index in [0.717, 1.165) is 42.5 Å². The zero-order valence-electron chi connectivity index (χ0n) is 15.1. The number of carbonyl (C=O) groups excluding carboxylic acids is 1. The van der Waals surface area contributed by atoms with Gasteiger partial charge in [0, 0.05) is 28.8 Å². The van der Waals surface area contributed by atoms with Crippen molar-refractivity contribution in [3.63, 3.8) is 0 Å². The molecule has 0 saturated carbocycles. The second kappa shape index (κ2) is 6.78. The number of amides is 1. The number of pyridine rings is 1. The summed E-state index contributed by atoms with van der Waals surface area (Å²) >= 11 is 0. The molecular weight excluding hydrogens is 340 g/mol. The van der Waals surface area contributed by atoms with Gasteiger partial charge in [0.15, 0.2) is 5.69 Å². The Morgan fingerprint density at radius 1 is 1.22 bits per heavy atom. The van der Waals surface area contributed by atoms with E-state index in [-0.39, 0.29) is 17.9 Å². The van der Waals surface area contributed by atoms with Gasteiger partial charge in [0.25, 0.3) is 5.91 Å². The number of hydrogen-bond acceptors (Lipinski definition) is 4. The summed E-state index contributed by atoms with van der Waals surface area (Å²) in [6.07, 6.45) is 5.72. The minimum absolute atomic E-state index is 0.00168. The molecule has 3 heterocycles. The highest BCUT2D eigenvalue weighted by Gasteiger charge is 2.32. The van der Waals surface area contributed by atoms with E-state index in [1.807, 2.05) is 24.4 Å². The van der Waals surface area contributed by atoms with Gasteiger partial charge in [0.2, 0.25) is 0 Å². The van der Waals surface area contributed by atoms with E-state index in [9.17, 15) is 4.79 Å². The molecule has 2 aromatic heterocycles. The standard InChI is InChI=1S/C21H22N4O2/c26-21(20-16-5-3-7-18(16)24-25-20)23-19-12-27-11-14(19)10-13-8-9-22-17-6-2-1-4-15(13)17/h1-2,4,6,8-9,14,19H,3,5,7,10-12H2,(H,23,26)(H,24,25)/t14-,19+/m1/s1. The molecule has 0 unspecified atom stereocenters. The van der Waals surface area contributed by atoms with E-state index in [4.69, 9.17) is 4.74 Å². The lowest BCUT2D eigenvalue weighted by Crippen LogP contribution is -2.41. The molecule has 0 radical (unpaired) electrons. The van der Waals surface area contributed by atoms with E-state index in [0.29, 0.717) is 18.9 Å². The molecule has 0 spiro atoms. The summed E-state index contributed by atoms with van der Waals surface area (Å²) in [6, 6.07) is 10.2. The third-order valence-corrected chi connectivity index (χ3v) is 5.76. The Balaban J connectivity index is 1.34. The highest BCUT2D eigenvalue weighted by atomic mass is 16.5. The number of aryl methyl sites for hydroxylation is 1. The van der Waals surface area contributed by atoms with Crippen LogP contribution in [0.4, 0.5) is 0 Å². The van der Waals surface area contributed by atoms with Gasteiger partial charge in [0.1, 0.15) is 0 Å². The van der Waals surface area contributed by atoms with Crippen LogP contribution < -0.4 is 5.32 Å². The van der Waals surface area contributed by atoms with Crippen molar-refractivity contribution in [3.05, 3.63) is 59.0 Å². The van der Waals surface area contributed by atoms with E-state index in [1.54, 1.807) is 0 Å². The van der Waals surface area contributed by atoms with Crippen molar-refractivity contribution in [1.82, 2.24) is 20.5 Å². The predicted molar refractivity (Wildman–Crippen MR) is 102 cm³/mol. The summed E-state index contributed by atoms with van der Waals surface area (Å²) in [7, 11) is 0. The van der Waals surface area contributed by atoms with E-state index in [1.165, 1.54) is 10.9 Å². The summed E-state index contributed by atoms with van der Waals surface area (Å²) in [5.41, 5.74) is 5.01. The van der Waals surface area contributed by atoms with Gasteiger partial charge in [-0.3, -0.25) is 14.9 Å². The maximum Gasteiger partial charge on any atom is 0.272 e. The molecule has 1 amide bonds. The van der Waals surface area contributed by atoms with Crippen LogP contribution in [0.2, 0.25) is 0 Å². The first-order valence-electron chi connectivity index (χ1n) is 9.57. The summed E-state index contributed by atoms with van der Waals surface area (Å²) in [6.45, 7) is 1.20. The largest absolute Gasteiger partial charge is 0.379 e. The van der Waals surface area contributed by atoms with Crippen LogP contribution in [0.25, 0.3) is 10.9 Å². The Bertz CT molecular complexity index is 992. The number of ether oxygens (including phenoxy) is 1. The third-order valence-electron chi connectivity index (χ3n) is 5.76. The number of aromatic amines is 1. The Kier molecular flexibility index (Phi) is 4.13. The van der Waals surface area contributed by atoms with Crippen molar-refractivity contribution in [3.8, 4) is 0 Å². The van der Waals surface area contributed by atoms with Crippen LogP contribution in [0, 0.1) is 5.92 Å². The number of rotatable bonds is 4. The molecule has 27 heavy (non-hydrogen) atoms. The summed E-state index contributed by atoms with van der Waals surface area (Å²) in [5.74, 6) is 0.154. The monoisotopic (exact) mass is 362 g/mol. The predicted octanol–water partition coefficient (Wildman–Crippen LogP) is 2.43. The highest BCUT2D eigenvalue weighted by Crippen LogP contribution is 2.26. The molecule has 1 aliphatic carbocycles. The van der Waals surface area contributed by atoms with Crippen LogP contribution in [-0.4, -0.2) is 40.3 Å². The maximum absolute atomic E-state index is 12.8. The zero-order valence-corrected chi connectivity index (χ0v) is 15.1. The van der Waals surface area contributed by atoms with E-state index < -0.39 is 0 Å². The Hall–Kier alpha value is -2.73. The van der Waals surface area contributed by atoms with Crippen LogP contribution >= 0.6 is 0 Å². The normalized spacial score (nSPS) is 21.5. The average molecular weight is 362 g/mol. The van der Waals surface area contributed by atoms with Crippen LogP contribution in [0.3, 0.4) is 0 Å². The molecular formula is C21H22N4O2. The molecule has 0 bridgehead atoms. The molecule has 1 aromatic carbocycles. The van der Waals surface area contributed by atoms with Crippen molar-refractivity contribution >= 4 is 16.8 Å². The number of nitrogens with one attached hydrogen (secondary N) is 2. The zero-order chi connectivity index (χ0) is 18.2. The summed E-state index contributed by atoms with van der Waals surface area (Å²) in [5, 5.41) is 11.6. The lowest BCUT2D eigenvalue weighted by atomic mass is 9.93. The van der Waals surface area contributed by atoms with Crippen molar-refractivity contribution in [1.29, 1.82) is 0 Å². The van der Waals surface area contributed by atoms with Gasteiger partial charge in [-0.15, -0.1) is 0 Å². The number of H-pyrrole nitrogens is 1. The van der Waals surface area contributed by atoms with E-state index in [2.05, 4.69) is 32.6 Å². The van der Waals surface area contributed by atoms with Crippen LogP contribution in [0.15, 0.2) is 36.5 Å². The molecule has 2 N–H and O–H groups in total. The smallest absolute Gasteiger partial charge is 0.272 e. The Labute approximate surface area is 157 Å². The Morgan fingerprint density at radius 2 is 2.15 bits per heavy atom. The molecule has 1 fully saturated rings. The van der Waals surface area contributed by atoms with Crippen LogP contribution in [-0.2, 0) is 24.0 Å². The van der Waals surface area contributed by atoms with Gasteiger partial charge in [0.05, 0.1) is 24.8 Å². The molecule has 6 nitrogen and oxygen atoms in total. The maximum atomic E-state index is 12.8. The molecule has 1 saturated heterocycles. The van der Waals surface area contributed by atoms with Gasteiger partial charge >= 0.3 is 0 Å². The SMILES string of the molecule is O=C(N[C@H]1COC[C@H]1Cc1ccnc2ccccc12)c1n[nH]c2c1CCC2. The van der Waals surface area contributed by atoms with Gasteiger partial charge in [-0.25, -0.2) is 0 Å². The fourth-order valence-corrected chi connectivity index (χ4v) is 4.32. The molecule has 3 aromatic rings. The fraction of sp³-hybridized carbons (Fsp3) is 0.381. The molecule has 2 aliphatic rings. The minimum atomic E-state index is -0.0884. The first-order valence-corrected chi connectivity index (χ1v) is 9.57. The van der Waals surface area contributed by atoms with Crippen LogP contribution in [0.5, 0.6) is 0 Å². The van der Waals surface area contributed by atoms with Crippen molar-refractivity contribution in [2.75, 3.05) is 13.2 Å². The third kappa shape index (κ3) is 3.00. The Morgan fingerprint density at radius 3 is 3.11 bits per heavy atom. The number of aromatic nitrogens is 3. The second-order valence-electron chi connectivity index (χ2n) is 7.45. The van der Waals surface area contributed by atoms with Crippen molar-refractivity contribution < 1.29 is 9.53 Å². The number of benzene rings is 1. The summed E-state index contributed by atoms with van der Waals surface area (Å²) < 4.78 is 5.71. The van der Waals surface area contributed by atoms with Gasteiger partial charge in [-0.1, -0.05) is 18.2 Å². The average Bonchev–Trinajstić information content (AvgIpc) is 3.40. The van der Waals surface area contributed by atoms with E-state index >= 15 is 0 Å². The molecule has 1 aliphatic heterocycles. The lowest BCUT2D eigenvalue weighted by molar-refractivity contribution is 0.0919. The number of hydrogen-bond donors (Lipinski definition) is 2. The fourth-order valence-electron chi connectivity index (χ4n) is 4.32. The molecule has 6 heteroatoms. The topological polar surface area (TPSA) is 79.9 Å². The first kappa shape index (κ1) is 16.4. The molecule has 138 valence electrons. The van der Waals surface area contributed by atoms with Gasteiger partial charge < -0.3 is 10.1 Å². The van der Waals surface area contributed by atoms with Crippen LogP contribution in [0.1, 0.15) is 33.7 Å². The first-order chi connectivity index (χ1) is 13.3. The van der Waals surface area contributed by atoms with Gasteiger partial charge in [-0.05, 0) is 43.4 Å². The van der Waals surface area contributed by atoms with Crippen molar-refractivity contribution in [2.24, 2.45) is 5.92 Å². The van der Waals surface area contributed by atoms with Gasteiger partial charge in [-0.2, -0.15) is 5.10 Å². The number of nitrogens with zero attached hydrogens (tertiary/aromatic N) is 2. The molecule has 2 atom stereocenters.